The van der Waals surface area contributed by atoms with E-state index in [-0.39, 0.29) is 5.91 Å². The molecule has 0 saturated heterocycles. The molecule has 4 nitrogen and oxygen atoms in total. The molecule has 0 aliphatic heterocycles. The van der Waals surface area contributed by atoms with E-state index < -0.39 is 0 Å². The van der Waals surface area contributed by atoms with Crippen LogP contribution < -0.4 is 5.32 Å². The fourth-order valence-electron chi connectivity index (χ4n) is 3.80. The normalized spacial score (nSPS) is 15.4. The van der Waals surface area contributed by atoms with Crippen LogP contribution >= 0.6 is 0 Å². The lowest BCUT2D eigenvalue weighted by Crippen LogP contribution is -2.21. The maximum atomic E-state index is 12.6. The molecule has 1 aliphatic rings. The van der Waals surface area contributed by atoms with Gasteiger partial charge in [0.25, 0.3) is 0 Å². The fraction of sp³-hybridized carbons (Fsp3) is 0.333. The number of nitrogens with zero attached hydrogens (tertiary/aromatic N) is 2. The molecule has 2 aromatic carbocycles. The summed E-state index contributed by atoms with van der Waals surface area (Å²) in [6, 6.07) is 17.7. The van der Waals surface area contributed by atoms with Crippen LogP contribution in [0.25, 0.3) is 11.0 Å². The molecule has 25 heavy (non-hydrogen) atoms. The number of amides is 1. The van der Waals surface area contributed by atoms with Crippen LogP contribution in [-0.2, 0) is 11.3 Å². The van der Waals surface area contributed by atoms with E-state index in [1.807, 2.05) is 48.5 Å². The second-order valence-electron chi connectivity index (χ2n) is 6.79. The van der Waals surface area contributed by atoms with Crippen LogP contribution in [0.4, 0.5) is 5.69 Å². The SMILES string of the molecule is O=C(Cn1c(C2CCCCC2)nc2ccccc21)Nc1ccccc1. The first-order valence-electron chi connectivity index (χ1n) is 9.11. The lowest BCUT2D eigenvalue weighted by atomic mass is 9.88. The van der Waals surface area contributed by atoms with Crippen LogP contribution in [0.2, 0.25) is 0 Å². The highest BCUT2D eigenvalue weighted by atomic mass is 16.1. The number of hydrogen-bond donors (Lipinski definition) is 1. The van der Waals surface area contributed by atoms with Crippen molar-refractivity contribution in [3.8, 4) is 0 Å². The molecule has 1 heterocycles. The molecule has 1 amide bonds. The molecule has 0 unspecified atom stereocenters. The molecule has 0 spiro atoms. The van der Waals surface area contributed by atoms with E-state index in [1.165, 1.54) is 32.1 Å². The number of benzene rings is 2. The number of aromatic nitrogens is 2. The summed E-state index contributed by atoms with van der Waals surface area (Å²) in [6.07, 6.45) is 6.16. The van der Waals surface area contributed by atoms with E-state index in [0.717, 1.165) is 22.5 Å². The van der Waals surface area contributed by atoms with Gasteiger partial charge in [0.1, 0.15) is 12.4 Å². The van der Waals surface area contributed by atoms with Gasteiger partial charge in [0.2, 0.25) is 5.91 Å². The molecule has 0 radical (unpaired) electrons. The topological polar surface area (TPSA) is 46.9 Å². The third-order valence-electron chi connectivity index (χ3n) is 5.01. The summed E-state index contributed by atoms with van der Waals surface area (Å²) >= 11 is 0. The number of anilines is 1. The zero-order valence-electron chi connectivity index (χ0n) is 14.3. The van der Waals surface area contributed by atoms with Gasteiger partial charge in [-0.15, -0.1) is 0 Å². The van der Waals surface area contributed by atoms with Crippen molar-refractivity contribution in [1.82, 2.24) is 9.55 Å². The number of carbonyl (C=O) groups excluding carboxylic acids is 1. The maximum absolute atomic E-state index is 12.6. The zero-order chi connectivity index (χ0) is 17.1. The Balaban J connectivity index is 1.63. The first-order valence-corrected chi connectivity index (χ1v) is 9.11. The number of imidazole rings is 1. The number of hydrogen-bond acceptors (Lipinski definition) is 2. The Hall–Kier alpha value is -2.62. The molecular weight excluding hydrogens is 310 g/mol. The molecule has 128 valence electrons. The molecule has 1 fully saturated rings. The Bertz CT molecular complexity index is 863. The van der Waals surface area contributed by atoms with Gasteiger partial charge in [0.15, 0.2) is 0 Å². The summed E-state index contributed by atoms with van der Waals surface area (Å²) < 4.78 is 2.11. The minimum Gasteiger partial charge on any atom is -0.325 e. The van der Waals surface area contributed by atoms with E-state index in [1.54, 1.807) is 0 Å². The van der Waals surface area contributed by atoms with Gasteiger partial charge < -0.3 is 9.88 Å². The van der Waals surface area contributed by atoms with Gasteiger partial charge in [-0.25, -0.2) is 4.98 Å². The van der Waals surface area contributed by atoms with Crippen molar-refractivity contribution in [1.29, 1.82) is 0 Å². The highest BCUT2D eigenvalue weighted by molar-refractivity contribution is 5.91. The monoisotopic (exact) mass is 333 g/mol. The summed E-state index contributed by atoms with van der Waals surface area (Å²) in [6.45, 7) is 0.307. The molecule has 1 N–H and O–H groups in total. The molecule has 1 saturated carbocycles. The van der Waals surface area contributed by atoms with Crippen LogP contribution in [-0.4, -0.2) is 15.5 Å². The first-order chi connectivity index (χ1) is 12.3. The molecule has 0 bridgehead atoms. The highest BCUT2D eigenvalue weighted by Gasteiger charge is 2.23. The second kappa shape index (κ2) is 7.09. The zero-order valence-corrected chi connectivity index (χ0v) is 14.3. The molecule has 4 rings (SSSR count). The molecule has 0 atom stereocenters. The average Bonchev–Trinajstić information content (AvgIpc) is 3.02. The van der Waals surface area contributed by atoms with Crippen molar-refractivity contribution in [3.63, 3.8) is 0 Å². The van der Waals surface area contributed by atoms with Crippen LogP contribution in [0.1, 0.15) is 43.8 Å². The Morgan fingerprint density at radius 2 is 1.72 bits per heavy atom. The van der Waals surface area contributed by atoms with Crippen LogP contribution in [0.5, 0.6) is 0 Å². The average molecular weight is 333 g/mol. The van der Waals surface area contributed by atoms with Crippen LogP contribution in [0.15, 0.2) is 54.6 Å². The maximum Gasteiger partial charge on any atom is 0.244 e. The van der Waals surface area contributed by atoms with E-state index in [4.69, 9.17) is 4.98 Å². The van der Waals surface area contributed by atoms with Crippen molar-refractivity contribution in [3.05, 3.63) is 60.4 Å². The largest absolute Gasteiger partial charge is 0.325 e. The minimum atomic E-state index is -0.00795. The van der Waals surface area contributed by atoms with E-state index in [9.17, 15) is 4.79 Å². The van der Waals surface area contributed by atoms with Crippen molar-refractivity contribution in [2.45, 2.75) is 44.6 Å². The van der Waals surface area contributed by atoms with Gasteiger partial charge in [-0.3, -0.25) is 4.79 Å². The summed E-state index contributed by atoms with van der Waals surface area (Å²) in [4.78, 5) is 17.5. The number of fused-ring (bicyclic) bond motifs is 1. The van der Waals surface area contributed by atoms with E-state index >= 15 is 0 Å². The van der Waals surface area contributed by atoms with E-state index in [2.05, 4.69) is 16.0 Å². The predicted octanol–water partition coefficient (Wildman–Crippen LogP) is 4.72. The Labute approximate surface area is 147 Å². The van der Waals surface area contributed by atoms with Gasteiger partial charge in [-0.2, -0.15) is 0 Å². The molecule has 4 heteroatoms. The molecule has 3 aromatic rings. The van der Waals surface area contributed by atoms with Crippen molar-refractivity contribution >= 4 is 22.6 Å². The number of rotatable bonds is 4. The number of para-hydroxylation sites is 3. The van der Waals surface area contributed by atoms with Gasteiger partial charge in [0.05, 0.1) is 11.0 Å². The summed E-state index contributed by atoms with van der Waals surface area (Å²) in [5.74, 6) is 1.53. The van der Waals surface area contributed by atoms with E-state index in [0.29, 0.717) is 12.5 Å². The third kappa shape index (κ3) is 3.43. The number of nitrogens with one attached hydrogen (secondary N) is 1. The number of carbonyl (C=O) groups is 1. The Kier molecular flexibility index (Phi) is 4.51. The molecule has 1 aromatic heterocycles. The predicted molar refractivity (Wildman–Crippen MR) is 101 cm³/mol. The van der Waals surface area contributed by atoms with Gasteiger partial charge in [-0.05, 0) is 37.1 Å². The summed E-state index contributed by atoms with van der Waals surface area (Å²) in [5.41, 5.74) is 2.86. The Morgan fingerprint density at radius 1 is 1.00 bits per heavy atom. The highest BCUT2D eigenvalue weighted by Crippen LogP contribution is 2.33. The smallest absolute Gasteiger partial charge is 0.244 e. The lowest BCUT2D eigenvalue weighted by Gasteiger charge is -2.22. The summed E-state index contributed by atoms with van der Waals surface area (Å²) in [5, 5.41) is 2.99. The fourth-order valence-corrected chi connectivity index (χ4v) is 3.80. The van der Waals surface area contributed by atoms with Gasteiger partial charge in [0, 0.05) is 11.6 Å². The van der Waals surface area contributed by atoms with Gasteiger partial charge >= 0.3 is 0 Å². The van der Waals surface area contributed by atoms with Crippen LogP contribution in [0, 0.1) is 0 Å². The van der Waals surface area contributed by atoms with Crippen molar-refractivity contribution in [2.24, 2.45) is 0 Å². The third-order valence-corrected chi connectivity index (χ3v) is 5.01. The first kappa shape index (κ1) is 15.9. The second-order valence-corrected chi connectivity index (χ2v) is 6.79. The Morgan fingerprint density at radius 3 is 2.52 bits per heavy atom. The van der Waals surface area contributed by atoms with Crippen molar-refractivity contribution < 1.29 is 4.79 Å². The lowest BCUT2D eigenvalue weighted by molar-refractivity contribution is -0.116. The minimum absolute atomic E-state index is 0.00795. The quantitative estimate of drug-likeness (QED) is 0.751. The molecule has 1 aliphatic carbocycles. The standard InChI is InChI=1S/C21H23N3O/c25-20(22-17-11-5-2-6-12-17)15-24-19-14-8-7-13-18(19)23-21(24)16-9-3-1-4-10-16/h2,5-8,11-14,16H,1,3-4,9-10,15H2,(H,22,25). The summed E-state index contributed by atoms with van der Waals surface area (Å²) in [7, 11) is 0. The van der Waals surface area contributed by atoms with Gasteiger partial charge in [-0.1, -0.05) is 49.6 Å². The van der Waals surface area contributed by atoms with Crippen LogP contribution in [0.3, 0.4) is 0 Å². The molecular formula is C21H23N3O. The van der Waals surface area contributed by atoms with Crippen molar-refractivity contribution in [2.75, 3.05) is 5.32 Å².